The van der Waals surface area contributed by atoms with Crippen molar-refractivity contribution in [3.63, 3.8) is 0 Å². The Balaban J connectivity index is 1.98. The molecule has 0 saturated carbocycles. The molecule has 0 aliphatic heterocycles. The summed E-state index contributed by atoms with van der Waals surface area (Å²) >= 11 is 0. The molecule has 2 N–H and O–H groups in total. The first-order chi connectivity index (χ1) is 15.5. The molecule has 3 aromatic rings. The highest BCUT2D eigenvalue weighted by atomic mass is 32.2. The molecule has 0 aliphatic carbocycles. The van der Waals surface area contributed by atoms with Gasteiger partial charge < -0.3 is 14.8 Å². The van der Waals surface area contributed by atoms with E-state index in [9.17, 15) is 21.6 Å². The molecule has 0 amide bonds. The van der Waals surface area contributed by atoms with Crippen molar-refractivity contribution < 1.29 is 35.9 Å². The van der Waals surface area contributed by atoms with Gasteiger partial charge in [0.15, 0.2) is 11.5 Å². The lowest BCUT2D eigenvalue weighted by molar-refractivity contribution is -0.268. The van der Waals surface area contributed by atoms with E-state index in [4.69, 9.17) is 14.3 Å². The van der Waals surface area contributed by atoms with Crippen LogP contribution in [0.25, 0.3) is 10.9 Å². The quantitative estimate of drug-likeness (QED) is 0.348. The average Bonchev–Trinajstić information content (AvgIpc) is 2.78. The Hall–Kier alpha value is -3.16. The Morgan fingerprint density at radius 3 is 2.36 bits per heavy atom. The summed E-state index contributed by atoms with van der Waals surface area (Å²) in [5.74, 6) is 0.339. The third kappa shape index (κ3) is 5.26. The minimum atomic E-state index is -5.06. The number of ether oxygens (including phenoxy) is 2. The minimum Gasteiger partial charge on any atom is -0.493 e. The van der Waals surface area contributed by atoms with Crippen molar-refractivity contribution in [2.75, 3.05) is 19.0 Å². The number of fused-ring (bicyclic) bond motifs is 1. The van der Waals surface area contributed by atoms with E-state index in [1.807, 2.05) is 0 Å². The summed E-state index contributed by atoms with van der Waals surface area (Å²) in [5, 5.41) is 2.32. The van der Waals surface area contributed by atoms with Crippen LogP contribution >= 0.6 is 0 Å². The topological polar surface area (TPSA) is 112 Å². The number of aromatic nitrogens is 2. The second-order valence-electron chi connectivity index (χ2n) is 6.83. The number of anilines is 1. The minimum absolute atomic E-state index is 0.173. The Kier molecular flexibility index (Phi) is 6.95. The zero-order valence-corrected chi connectivity index (χ0v) is 18.6. The number of nitrogens with zero attached hydrogens (tertiary/aromatic N) is 2. The van der Waals surface area contributed by atoms with Gasteiger partial charge in [-0.05, 0) is 32.0 Å². The number of sulfonamides is 1. The van der Waals surface area contributed by atoms with Crippen LogP contribution < -0.4 is 19.7 Å². The Morgan fingerprint density at radius 1 is 1.06 bits per heavy atom. The fraction of sp³-hybridized carbons (Fsp3) is 0.300. The molecule has 0 bridgehead atoms. The lowest BCUT2D eigenvalue weighted by Gasteiger charge is -2.32. The largest absolute Gasteiger partial charge is 0.493 e. The molecule has 0 aliphatic rings. The van der Waals surface area contributed by atoms with Crippen molar-refractivity contribution in [1.82, 2.24) is 14.9 Å². The van der Waals surface area contributed by atoms with Crippen LogP contribution in [-0.4, -0.2) is 44.0 Å². The summed E-state index contributed by atoms with van der Waals surface area (Å²) in [6.45, 7) is 2.64. The molecule has 1 atom stereocenters. The molecule has 1 aromatic heterocycles. The van der Waals surface area contributed by atoms with Crippen molar-refractivity contribution in [3.8, 4) is 11.5 Å². The fourth-order valence-corrected chi connectivity index (χ4v) is 3.65. The summed E-state index contributed by atoms with van der Waals surface area (Å²) in [6.07, 6.45) is -4.01. The zero-order valence-electron chi connectivity index (χ0n) is 17.8. The number of halogens is 3. The molecule has 178 valence electrons. The SMILES string of the molecule is CCOc1cc2c(NC(C)(ONS(=O)(=O)c3ccccc3)C(F)(F)F)ncnc2cc1OC. The standard InChI is InChI=1S/C20H21F3N4O5S/c1-4-31-17-10-14-15(11-16(17)30-3)24-12-25-18(14)26-19(2,20(21,22)23)32-27-33(28,29)13-8-6-5-7-9-13/h5-12,27H,4H2,1-3H3,(H,24,25,26). The van der Waals surface area contributed by atoms with Gasteiger partial charge in [-0.25, -0.2) is 23.2 Å². The predicted octanol–water partition coefficient (Wildman–Crippen LogP) is 3.64. The Morgan fingerprint density at radius 2 is 1.76 bits per heavy atom. The van der Waals surface area contributed by atoms with Gasteiger partial charge in [-0.2, -0.15) is 13.2 Å². The number of alkyl halides is 3. The number of benzene rings is 2. The molecule has 2 aromatic carbocycles. The van der Waals surface area contributed by atoms with Gasteiger partial charge in [0.2, 0.25) is 0 Å². The molecule has 9 nitrogen and oxygen atoms in total. The first-order valence-corrected chi connectivity index (χ1v) is 11.0. The van der Waals surface area contributed by atoms with E-state index >= 15 is 0 Å². The third-order valence-corrected chi connectivity index (χ3v) is 5.72. The van der Waals surface area contributed by atoms with Crippen LogP contribution in [-0.2, 0) is 14.9 Å². The summed E-state index contributed by atoms with van der Waals surface area (Å²) in [6, 6.07) is 9.74. The predicted molar refractivity (Wildman–Crippen MR) is 113 cm³/mol. The van der Waals surface area contributed by atoms with Crippen LogP contribution in [0.5, 0.6) is 11.5 Å². The number of hydrogen-bond acceptors (Lipinski definition) is 8. The van der Waals surface area contributed by atoms with Crippen LogP contribution in [0.4, 0.5) is 19.0 Å². The first-order valence-electron chi connectivity index (χ1n) is 9.56. The second kappa shape index (κ2) is 9.37. The highest BCUT2D eigenvalue weighted by Crippen LogP contribution is 2.38. The number of rotatable bonds is 9. The van der Waals surface area contributed by atoms with Crippen LogP contribution in [0.15, 0.2) is 53.7 Å². The van der Waals surface area contributed by atoms with Gasteiger partial charge in [-0.1, -0.05) is 23.1 Å². The van der Waals surface area contributed by atoms with Crippen molar-refractivity contribution in [3.05, 3.63) is 48.8 Å². The zero-order chi connectivity index (χ0) is 24.3. The van der Waals surface area contributed by atoms with E-state index in [1.54, 1.807) is 17.9 Å². The summed E-state index contributed by atoms with van der Waals surface area (Å²) < 4.78 is 77.4. The monoisotopic (exact) mass is 486 g/mol. The summed E-state index contributed by atoms with van der Waals surface area (Å²) in [5.41, 5.74) is -2.93. The maximum atomic E-state index is 14.0. The third-order valence-electron chi connectivity index (χ3n) is 4.53. The van der Waals surface area contributed by atoms with E-state index in [-0.39, 0.29) is 34.0 Å². The van der Waals surface area contributed by atoms with Crippen molar-refractivity contribution in [2.45, 2.75) is 30.6 Å². The van der Waals surface area contributed by atoms with Crippen LogP contribution in [0, 0.1) is 0 Å². The van der Waals surface area contributed by atoms with Gasteiger partial charge in [0, 0.05) is 11.5 Å². The van der Waals surface area contributed by atoms with E-state index in [0.717, 1.165) is 6.33 Å². The van der Waals surface area contributed by atoms with E-state index < -0.39 is 21.9 Å². The molecule has 3 rings (SSSR count). The maximum Gasteiger partial charge on any atom is 0.438 e. The molecule has 0 saturated heterocycles. The molecule has 1 heterocycles. The normalized spacial score (nSPS) is 14.0. The van der Waals surface area contributed by atoms with Gasteiger partial charge >= 0.3 is 6.18 Å². The number of hydrogen-bond donors (Lipinski definition) is 2. The van der Waals surface area contributed by atoms with Crippen molar-refractivity contribution in [2.24, 2.45) is 0 Å². The molecular weight excluding hydrogens is 465 g/mol. The summed E-state index contributed by atoms with van der Waals surface area (Å²) in [4.78, 5) is 13.9. The highest BCUT2D eigenvalue weighted by Gasteiger charge is 2.54. The van der Waals surface area contributed by atoms with Crippen LogP contribution in [0.1, 0.15) is 13.8 Å². The van der Waals surface area contributed by atoms with Crippen molar-refractivity contribution in [1.29, 1.82) is 0 Å². The lowest BCUT2D eigenvalue weighted by atomic mass is 10.1. The van der Waals surface area contributed by atoms with Gasteiger partial charge in [-0.3, -0.25) is 0 Å². The number of nitrogens with one attached hydrogen (secondary N) is 2. The Labute approximate surface area is 187 Å². The molecule has 0 fully saturated rings. The highest BCUT2D eigenvalue weighted by molar-refractivity contribution is 7.89. The molecule has 0 spiro atoms. The van der Waals surface area contributed by atoms with Crippen LogP contribution in [0.3, 0.4) is 0 Å². The second-order valence-corrected chi connectivity index (χ2v) is 8.48. The van der Waals surface area contributed by atoms with E-state index in [1.165, 1.54) is 43.5 Å². The lowest BCUT2D eigenvalue weighted by Crippen LogP contribution is -2.55. The van der Waals surface area contributed by atoms with Gasteiger partial charge in [0.25, 0.3) is 15.7 Å². The van der Waals surface area contributed by atoms with Crippen molar-refractivity contribution >= 4 is 26.7 Å². The van der Waals surface area contributed by atoms with E-state index in [2.05, 4.69) is 15.3 Å². The number of methoxy groups -OCH3 is 1. The molecule has 13 heteroatoms. The van der Waals surface area contributed by atoms with Gasteiger partial charge in [-0.15, -0.1) is 0 Å². The fourth-order valence-electron chi connectivity index (χ4n) is 2.76. The molecule has 0 radical (unpaired) electrons. The molecule has 1 unspecified atom stereocenters. The van der Waals surface area contributed by atoms with E-state index in [0.29, 0.717) is 12.7 Å². The molecule has 33 heavy (non-hydrogen) atoms. The Bertz CT molecular complexity index is 1230. The first kappa shape index (κ1) is 24.5. The molecular formula is C20H21F3N4O5S. The van der Waals surface area contributed by atoms with Gasteiger partial charge in [0.1, 0.15) is 12.1 Å². The smallest absolute Gasteiger partial charge is 0.438 e. The maximum absolute atomic E-state index is 14.0. The summed E-state index contributed by atoms with van der Waals surface area (Å²) in [7, 11) is -2.98. The van der Waals surface area contributed by atoms with Gasteiger partial charge in [0.05, 0.1) is 24.1 Å². The average molecular weight is 486 g/mol. The van der Waals surface area contributed by atoms with Crippen LogP contribution in [0.2, 0.25) is 0 Å².